The van der Waals surface area contributed by atoms with E-state index < -0.39 is 22.0 Å². The summed E-state index contributed by atoms with van der Waals surface area (Å²) in [6.07, 6.45) is 2.36. The smallest absolute Gasteiger partial charge is 0.319 e. The third kappa shape index (κ3) is 5.55. The van der Waals surface area contributed by atoms with Gasteiger partial charge in [-0.3, -0.25) is 9.00 Å². The summed E-state index contributed by atoms with van der Waals surface area (Å²) in [6.45, 7) is 4.11. The van der Waals surface area contributed by atoms with Gasteiger partial charge in [0.05, 0.1) is 0 Å². The Morgan fingerprint density at radius 2 is 1.95 bits per heavy atom. The van der Waals surface area contributed by atoms with Gasteiger partial charge in [0.2, 0.25) is 0 Å². The Morgan fingerprint density at radius 3 is 2.47 bits per heavy atom. The second-order valence-electron chi connectivity index (χ2n) is 4.96. The van der Waals surface area contributed by atoms with E-state index in [1.807, 2.05) is 37.3 Å². The molecule has 0 aromatic heterocycles. The van der Waals surface area contributed by atoms with Crippen LogP contribution in [0.1, 0.15) is 32.3 Å². The van der Waals surface area contributed by atoms with Gasteiger partial charge in [-0.05, 0) is 17.9 Å². The maximum atomic E-state index is 12.2. The summed E-state index contributed by atoms with van der Waals surface area (Å²) in [6, 6.07) is 9.39. The number of benzene rings is 1. The molecule has 0 aliphatic carbocycles. The van der Waals surface area contributed by atoms with Gasteiger partial charge in [-0.1, -0.05) is 57.0 Å². The first-order chi connectivity index (χ1) is 9.04. The van der Waals surface area contributed by atoms with Gasteiger partial charge in [0.15, 0.2) is 0 Å². The minimum absolute atomic E-state index is 0.309. The van der Waals surface area contributed by atoms with Crippen LogP contribution in [0.25, 0.3) is 0 Å². The summed E-state index contributed by atoms with van der Waals surface area (Å²) in [5.41, 5.74) is 0.923. The Kier molecular flexibility index (Phi) is 6.78. The maximum Gasteiger partial charge on any atom is 0.319 e. The van der Waals surface area contributed by atoms with Crippen molar-refractivity contribution in [2.75, 3.05) is 5.75 Å². The molecule has 1 aromatic carbocycles. The monoisotopic (exact) mass is 282 g/mol. The molecule has 0 bridgehead atoms. The average Bonchev–Trinajstić information content (AvgIpc) is 2.36. The van der Waals surface area contributed by atoms with Crippen molar-refractivity contribution < 1.29 is 14.1 Å². The van der Waals surface area contributed by atoms with Crippen molar-refractivity contribution in [2.24, 2.45) is 5.92 Å². The number of carboxylic acid groups (broad SMARTS) is 1. The molecular formula is C15H22O3S. The van der Waals surface area contributed by atoms with E-state index in [4.69, 9.17) is 0 Å². The molecule has 0 radical (unpaired) electrons. The van der Waals surface area contributed by atoms with E-state index in [0.717, 1.165) is 18.4 Å². The summed E-state index contributed by atoms with van der Waals surface area (Å²) in [5.74, 6) is -0.188. The first-order valence-electron chi connectivity index (χ1n) is 6.68. The van der Waals surface area contributed by atoms with E-state index in [-0.39, 0.29) is 0 Å². The lowest BCUT2D eigenvalue weighted by molar-refractivity contribution is -0.136. The molecule has 1 N–H and O–H groups in total. The normalized spacial score (nSPS) is 15.7. The van der Waals surface area contributed by atoms with E-state index in [2.05, 4.69) is 6.92 Å². The average molecular weight is 282 g/mol. The molecule has 106 valence electrons. The highest BCUT2D eigenvalue weighted by Gasteiger charge is 2.26. The minimum atomic E-state index is -1.32. The molecule has 0 saturated heterocycles. The van der Waals surface area contributed by atoms with Crippen molar-refractivity contribution in [3.05, 3.63) is 35.9 Å². The molecule has 0 spiro atoms. The molecule has 0 aliphatic rings. The van der Waals surface area contributed by atoms with Crippen LogP contribution < -0.4 is 0 Å². The Bertz CT molecular complexity index is 417. The molecule has 0 aliphatic heterocycles. The molecule has 19 heavy (non-hydrogen) atoms. The molecular weight excluding hydrogens is 260 g/mol. The van der Waals surface area contributed by atoms with Crippen LogP contribution in [0.2, 0.25) is 0 Å². The third-order valence-corrected chi connectivity index (χ3v) is 4.99. The fourth-order valence-electron chi connectivity index (χ4n) is 2.09. The molecule has 0 fully saturated rings. The fraction of sp³-hybridized carbons (Fsp3) is 0.533. The predicted octanol–water partition coefficient (Wildman–Crippen LogP) is 2.87. The van der Waals surface area contributed by atoms with Crippen LogP contribution in [0.4, 0.5) is 0 Å². The largest absolute Gasteiger partial charge is 0.480 e. The highest BCUT2D eigenvalue weighted by Crippen LogP contribution is 2.13. The lowest BCUT2D eigenvalue weighted by Crippen LogP contribution is -2.31. The number of rotatable bonds is 8. The van der Waals surface area contributed by atoms with Gasteiger partial charge in [0.25, 0.3) is 0 Å². The summed E-state index contributed by atoms with van der Waals surface area (Å²) in [5, 5.41) is 8.45. The first kappa shape index (κ1) is 15.9. The Labute approximate surface area is 117 Å². The second kappa shape index (κ2) is 8.10. The van der Waals surface area contributed by atoms with Crippen LogP contribution >= 0.6 is 0 Å². The van der Waals surface area contributed by atoms with Gasteiger partial charge >= 0.3 is 5.97 Å². The first-order valence-corrected chi connectivity index (χ1v) is 8.06. The van der Waals surface area contributed by atoms with E-state index >= 15 is 0 Å². The van der Waals surface area contributed by atoms with Gasteiger partial charge in [-0.15, -0.1) is 0 Å². The lowest BCUT2D eigenvalue weighted by Gasteiger charge is -2.15. The van der Waals surface area contributed by atoms with Crippen molar-refractivity contribution in [3.63, 3.8) is 0 Å². The molecule has 3 nitrogen and oxygen atoms in total. The fourth-order valence-corrected chi connectivity index (χ4v) is 3.66. The van der Waals surface area contributed by atoms with Crippen molar-refractivity contribution in [3.8, 4) is 0 Å². The molecule has 1 aromatic rings. The van der Waals surface area contributed by atoms with E-state index in [9.17, 15) is 14.1 Å². The minimum Gasteiger partial charge on any atom is -0.480 e. The van der Waals surface area contributed by atoms with Crippen LogP contribution in [0.3, 0.4) is 0 Å². The zero-order chi connectivity index (χ0) is 14.3. The summed E-state index contributed by atoms with van der Waals surface area (Å²) >= 11 is 0. The van der Waals surface area contributed by atoms with E-state index in [0.29, 0.717) is 18.1 Å². The Morgan fingerprint density at radius 1 is 1.32 bits per heavy atom. The zero-order valence-corrected chi connectivity index (χ0v) is 12.4. The Balaban J connectivity index is 2.67. The van der Waals surface area contributed by atoms with Gasteiger partial charge in [-0.25, -0.2) is 0 Å². The number of carboxylic acids is 1. The van der Waals surface area contributed by atoms with Gasteiger partial charge in [0.1, 0.15) is 5.25 Å². The summed E-state index contributed by atoms with van der Waals surface area (Å²) in [7, 11) is -1.32. The second-order valence-corrected chi connectivity index (χ2v) is 6.62. The lowest BCUT2D eigenvalue weighted by atomic mass is 10.1. The molecule has 3 atom stereocenters. The van der Waals surface area contributed by atoms with E-state index in [1.165, 1.54) is 0 Å². The molecule has 3 unspecified atom stereocenters. The van der Waals surface area contributed by atoms with Crippen LogP contribution in [-0.2, 0) is 22.0 Å². The summed E-state index contributed by atoms with van der Waals surface area (Å²) < 4.78 is 12.2. The Hall–Kier alpha value is -1.16. The standard InChI is InChI=1S/C15H22O3S/c1-3-7-12(2)11-19(18)14(15(16)17)10-13-8-5-4-6-9-13/h4-6,8-9,12,14H,3,7,10-11H2,1-2H3,(H,16,17). The topological polar surface area (TPSA) is 54.4 Å². The van der Waals surface area contributed by atoms with Crippen molar-refractivity contribution in [1.82, 2.24) is 0 Å². The molecule has 1 rings (SSSR count). The number of carbonyl (C=O) groups is 1. The van der Waals surface area contributed by atoms with Crippen LogP contribution in [0, 0.1) is 5.92 Å². The van der Waals surface area contributed by atoms with Crippen LogP contribution in [0.5, 0.6) is 0 Å². The molecule has 4 heteroatoms. The van der Waals surface area contributed by atoms with Crippen LogP contribution in [0.15, 0.2) is 30.3 Å². The number of hydrogen-bond acceptors (Lipinski definition) is 2. The third-order valence-electron chi connectivity index (χ3n) is 3.09. The van der Waals surface area contributed by atoms with Crippen molar-refractivity contribution in [1.29, 1.82) is 0 Å². The van der Waals surface area contributed by atoms with Crippen molar-refractivity contribution in [2.45, 2.75) is 38.4 Å². The maximum absolute atomic E-state index is 12.2. The molecule has 0 heterocycles. The number of hydrogen-bond donors (Lipinski definition) is 1. The van der Waals surface area contributed by atoms with Crippen LogP contribution in [-0.4, -0.2) is 26.3 Å². The number of aliphatic carboxylic acids is 1. The summed E-state index contributed by atoms with van der Waals surface area (Å²) in [4.78, 5) is 11.3. The van der Waals surface area contributed by atoms with Gasteiger partial charge < -0.3 is 5.11 Å². The van der Waals surface area contributed by atoms with Crippen molar-refractivity contribution >= 4 is 16.8 Å². The quantitative estimate of drug-likeness (QED) is 0.797. The van der Waals surface area contributed by atoms with Gasteiger partial charge in [-0.2, -0.15) is 0 Å². The SMILES string of the molecule is CCCC(C)CS(=O)C(Cc1ccccc1)C(=O)O. The highest BCUT2D eigenvalue weighted by atomic mass is 32.2. The molecule has 0 saturated carbocycles. The highest BCUT2D eigenvalue weighted by molar-refractivity contribution is 7.86. The zero-order valence-electron chi connectivity index (χ0n) is 11.5. The predicted molar refractivity (Wildman–Crippen MR) is 78.7 cm³/mol. The van der Waals surface area contributed by atoms with E-state index in [1.54, 1.807) is 0 Å². The van der Waals surface area contributed by atoms with Gasteiger partial charge in [0, 0.05) is 16.6 Å². The molecule has 0 amide bonds.